The van der Waals surface area contributed by atoms with Gasteiger partial charge >= 0.3 is 0 Å². The Hall–Kier alpha value is -0.610. The molecule has 106 valence electrons. The van der Waals surface area contributed by atoms with Gasteiger partial charge in [0.2, 0.25) is 0 Å². The van der Waals surface area contributed by atoms with Crippen molar-refractivity contribution in [2.75, 3.05) is 33.3 Å². The van der Waals surface area contributed by atoms with Crippen LogP contribution in [0.3, 0.4) is 0 Å². The van der Waals surface area contributed by atoms with E-state index in [4.69, 9.17) is 16.3 Å². The number of hydrogen-bond acceptors (Lipinski definition) is 3. The van der Waals surface area contributed by atoms with Crippen molar-refractivity contribution < 1.29 is 4.74 Å². The van der Waals surface area contributed by atoms with Crippen molar-refractivity contribution >= 4 is 11.6 Å². The van der Waals surface area contributed by atoms with E-state index >= 15 is 0 Å². The lowest BCUT2D eigenvalue weighted by molar-refractivity contribution is -0.0193. The van der Waals surface area contributed by atoms with Gasteiger partial charge in [0, 0.05) is 30.7 Å². The van der Waals surface area contributed by atoms with E-state index in [1.807, 2.05) is 18.2 Å². The summed E-state index contributed by atoms with van der Waals surface area (Å²) < 4.78 is 5.77. The fourth-order valence-electron chi connectivity index (χ4n) is 2.49. The first-order valence-electron chi connectivity index (χ1n) is 6.98. The van der Waals surface area contributed by atoms with Crippen molar-refractivity contribution in [3.05, 3.63) is 34.9 Å². The van der Waals surface area contributed by atoms with Crippen LogP contribution in [-0.4, -0.2) is 44.3 Å². The molecule has 0 spiro atoms. The molecule has 0 aliphatic carbocycles. The van der Waals surface area contributed by atoms with Crippen molar-refractivity contribution in [1.29, 1.82) is 0 Å². The Balaban J connectivity index is 1.89. The van der Waals surface area contributed by atoms with Crippen LogP contribution in [0, 0.1) is 0 Å². The van der Waals surface area contributed by atoms with Gasteiger partial charge in [-0.15, -0.1) is 0 Å². The quantitative estimate of drug-likeness (QED) is 0.899. The lowest BCUT2D eigenvalue weighted by atomic mass is 10.0. The molecule has 3 nitrogen and oxygen atoms in total. The van der Waals surface area contributed by atoms with E-state index in [9.17, 15) is 0 Å². The molecule has 1 aliphatic rings. The Labute approximate surface area is 120 Å². The highest BCUT2D eigenvalue weighted by Crippen LogP contribution is 2.20. The number of likely N-dealkylation sites (N-methyl/N-ethyl adjacent to an activating group) is 1. The minimum Gasteiger partial charge on any atom is -0.374 e. The van der Waals surface area contributed by atoms with Crippen LogP contribution in [0.15, 0.2) is 24.3 Å². The standard InChI is InChI=1S/C15H23ClN2O/c1-3-15(12-5-4-6-13(16)9-12)17-10-14-11-18(2)7-8-19-14/h4-6,9,14-15,17H,3,7-8,10-11H2,1-2H3. The molecule has 1 fully saturated rings. The molecule has 0 amide bonds. The van der Waals surface area contributed by atoms with Gasteiger partial charge in [-0.1, -0.05) is 30.7 Å². The highest BCUT2D eigenvalue weighted by atomic mass is 35.5. The maximum absolute atomic E-state index is 6.05. The second-order valence-electron chi connectivity index (χ2n) is 5.18. The highest BCUT2D eigenvalue weighted by molar-refractivity contribution is 6.30. The molecule has 1 N–H and O–H groups in total. The molecule has 2 unspecified atom stereocenters. The maximum atomic E-state index is 6.05. The summed E-state index contributed by atoms with van der Waals surface area (Å²) in [7, 11) is 2.14. The molecule has 19 heavy (non-hydrogen) atoms. The van der Waals surface area contributed by atoms with Crippen LogP contribution in [0.1, 0.15) is 24.9 Å². The van der Waals surface area contributed by atoms with Gasteiger partial charge < -0.3 is 15.0 Å². The summed E-state index contributed by atoms with van der Waals surface area (Å²) in [4.78, 5) is 2.32. The lowest BCUT2D eigenvalue weighted by Crippen LogP contribution is -2.45. The predicted molar refractivity (Wildman–Crippen MR) is 79.7 cm³/mol. The van der Waals surface area contributed by atoms with Gasteiger partial charge in [-0.05, 0) is 31.2 Å². The third-order valence-electron chi connectivity index (χ3n) is 3.59. The van der Waals surface area contributed by atoms with E-state index in [0.717, 1.165) is 37.7 Å². The van der Waals surface area contributed by atoms with Crippen LogP contribution >= 0.6 is 11.6 Å². The van der Waals surface area contributed by atoms with Gasteiger partial charge in [0.15, 0.2) is 0 Å². The number of ether oxygens (including phenoxy) is 1. The molecule has 1 aromatic carbocycles. The van der Waals surface area contributed by atoms with Gasteiger partial charge in [0.25, 0.3) is 0 Å². The summed E-state index contributed by atoms with van der Waals surface area (Å²) in [5.74, 6) is 0. The van der Waals surface area contributed by atoms with Gasteiger partial charge in [0.05, 0.1) is 12.7 Å². The second-order valence-corrected chi connectivity index (χ2v) is 5.62. The molecule has 4 heteroatoms. The molecule has 0 aromatic heterocycles. The zero-order chi connectivity index (χ0) is 13.7. The second kappa shape index (κ2) is 7.25. The molecule has 0 saturated carbocycles. The third-order valence-corrected chi connectivity index (χ3v) is 3.83. The predicted octanol–water partition coefficient (Wildman–Crippen LogP) is 2.71. The number of nitrogens with zero attached hydrogens (tertiary/aromatic N) is 1. The van der Waals surface area contributed by atoms with Crippen LogP contribution in [0.25, 0.3) is 0 Å². The van der Waals surface area contributed by atoms with Gasteiger partial charge in [0.1, 0.15) is 0 Å². The number of benzene rings is 1. The molecule has 2 atom stereocenters. The monoisotopic (exact) mass is 282 g/mol. The van der Waals surface area contributed by atoms with E-state index in [1.165, 1.54) is 5.56 Å². The maximum Gasteiger partial charge on any atom is 0.0826 e. The first-order valence-corrected chi connectivity index (χ1v) is 7.36. The summed E-state index contributed by atoms with van der Waals surface area (Å²) in [6.45, 7) is 5.93. The van der Waals surface area contributed by atoms with Crippen LogP contribution in [0.4, 0.5) is 0 Å². The van der Waals surface area contributed by atoms with Gasteiger partial charge in [-0.25, -0.2) is 0 Å². The average Bonchev–Trinajstić information content (AvgIpc) is 2.40. The fraction of sp³-hybridized carbons (Fsp3) is 0.600. The van der Waals surface area contributed by atoms with E-state index in [0.29, 0.717) is 6.04 Å². The van der Waals surface area contributed by atoms with Crippen LogP contribution in [0.5, 0.6) is 0 Å². The first kappa shape index (κ1) is 14.8. The van der Waals surface area contributed by atoms with E-state index in [2.05, 4.69) is 30.3 Å². The van der Waals surface area contributed by atoms with E-state index in [-0.39, 0.29) is 6.10 Å². The number of nitrogens with one attached hydrogen (secondary N) is 1. The summed E-state index contributed by atoms with van der Waals surface area (Å²) in [5.41, 5.74) is 1.25. The van der Waals surface area contributed by atoms with Crippen molar-refractivity contribution in [2.45, 2.75) is 25.5 Å². The third kappa shape index (κ3) is 4.46. The minimum atomic E-state index is 0.284. The first-order chi connectivity index (χ1) is 9.19. The molecular formula is C15H23ClN2O. The molecule has 1 saturated heterocycles. The van der Waals surface area contributed by atoms with Crippen molar-refractivity contribution in [3.63, 3.8) is 0 Å². The lowest BCUT2D eigenvalue weighted by Gasteiger charge is -2.31. The molecule has 0 radical (unpaired) electrons. The SMILES string of the molecule is CCC(NCC1CN(C)CCO1)c1cccc(Cl)c1. The Morgan fingerprint density at radius 3 is 3.05 bits per heavy atom. The highest BCUT2D eigenvalue weighted by Gasteiger charge is 2.19. The van der Waals surface area contributed by atoms with Gasteiger partial charge in [-0.2, -0.15) is 0 Å². The number of halogens is 1. The van der Waals surface area contributed by atoms with Gasteiger partial charge in [-0.3, -0.25) is 0 Å². The number of morpholine rings is 1. The number of hydrogen-bond donors (Lipinski definition) is 1. The summed E-state index contributed by atoms with van der Waals surface area (Å²) in [6, 6.07) is 8.43. The zero-order valence-corrected chi connectivity index (χ0v) is 12.5. The summed E-state index contributed by atoms with van der Waals surface area (Å²) in [6.07, 6.45) is 1.33. The summed E-state index contributed by atoms with van der Waals surface area (Å²) in [5, 5.41) is 4.39. The minimum absolute atomic E-state index is 0.284. The van der Waals surface area contributed by atoms with Crippen molar-refractivity contribution in [1.82, 2.24) is 10.2 Å². The largest absolute Gasteiger partial charge is 0.374 e. The topological polar surface area (TPSA) is 24.5 Å². The zero-order valence-electron chi connectivity index (χ0n) is 11.7. The average molecular weight is 283 g/mol. The Morgan fingerprint density at radius 2 is 2.37 bits per heavy atom. The molecule has 2 rings (SSSR count). The van der Waals surface area contributed by atoms with E-state index < -0.39 is 0 Å². The Kier molecular flexibility index (Phi) is 5.64. The summed E-state index contributed by atoms with van der Waals surface area (Å²) >= 11 is 6.05. The molecule has 1 aromatic rings. The molecule has 0 bridgehead atoms. The molecule has 1 aliphatic heterocycles. The van der Waals surface area contributed by atoms with Crippen molar-refractivity contribution in [3.8, 4) is 0 Å². The normalized spacial score (nSPS) is 22.4. The van der Waals surface area contributed by atoms with Crippen LogP contribution < -0.4 is 5.32 Å². The van der Waals surface area contributed by atoms with E-state index in [1.54, 1.807) is 0 Å². The van der Waals surface area contributed by atoms with Crippen LogP contribution in [-0.2, 0) is 4.74 Å². The molecular weight excluding hydrogens is 260 g/mol. The van der Waals surface area contributed by atoms with Crippen molar-refractivity contribution in [2.24, 2.45) is 0 Å². The van der Waals surface area contributed by atoms with Crippen LogP contribution in [0.2, 0.25) is 5.02 Å². The Morgan fingerprint density at radius 1 is 1.53 bits per heavy atom. The number of rotatable bonds is 5. The molecule has 1 heterocycles. The smallest absolute Gasteiger partial charge is 0.0826 e. The fourth-order valence-corrected chi connectivity index (χ4v) is 2.68. The Bertz CT molecular complexity index is 399.